The Kier molecular flexibility index (Phi) is 8.76. The second kappa shape index (κ2) is 12.3. The molecule has 0 radical (unpaired) electrons. The lowest BCUT2D eigenvalue weighted by molar-refractivity contribution is 0.315. The lowest BCUT2D eigenvalue weighted by Crippen LogP contribution is -2.31. The molecule has 43 heavy (non-hydrogen) atoms. The SMILES string of the molecule is CCN(c1c(Nc2nc(Nc3cc(C)c(N4CCC(N(C)C)C4)cc3OC)ncc2Cl)ccc2nccnc12)S(C)(=O)=O. The zero-order valence-electron chi connectivity index (χ0n) is 25.1. The largest absolute Gasteiger partial charge is 0.494 e. The van der Waals surface area contributed by atoms with Crippen molar-refractivity contribution in [2.45, 2.75) is 26.3 Å². The molecule has 2 aromatic heterocycles. The van der Waals surface area contributed by atoms with Gasteiger partial charge in [0, 0.05) is 49.8 Å². The first-order valence-corrected chi connectivity index (χ1v) is 16.1. The predicted molar refractivity (Wildman–Crippen MR) is 173 cm³/mol. The van der Waals surface area contributed by atoms with Gasteiger partial charge in [-0.25, -0.2) is 13.4 Å². The van der Waals surface area contributed by atoms with Crippen molar-refractivity contribution in [1.82, 2.24) is 24.8 Å². The second-order valence-corrected chi connectivity index (χ2v) is 13.0. The smallest absolute Gasteiger partial charge is 0.232 e. The van der Waals surface area contributed by atoms with Crippen molar-refractivity contribution in [3.05, 3.63) is 53.4 Å². The van der Waals surface area contributed by atoms with Crippen LogP contribution < -0.4 is 24.6 Å². The van der Waals surface area contributed by atoms with Crippen molar-refractivity contribution in [2.75, 3.05) is 66.9 Å². The highest BCUT2D eigenvalue weighted by Gasteiger charge is 2.27. The van der Waals surface area contributed by atoms with Gasteiger partial charge in [0.2, 0.25) is 16.0 Å². The monoisotopic (exact) mass is 625 g/mol. The van der Waals surface area contributed by atoms with E-state index in [4.69, 9.17) is 16.3 Å². The third kappa shape index (κ3) is 6.38. The maximum Gasteiger partial charge on any atom is 0.232 e. The van der Waals surface area contributed by atoms with Gasteiger partial charge in [0.1, 0.15) is 22.0 Å². The number of nitrogens with zero attached hydrogens (tertiary/aromatic N) is 7. The summed E-state index contributed by atoms with van der Waals surface area (Å²) in [7, 11) is 2.23. The summed E-state index contributed by atoms with van der Waals surface area (Å²) < 4.78 is 32.5. The number of aromatic nitrogens is 4. The number of nitrogens with one attached hydrogen (secondary N) is 2. The average Bonchev–Trinajstić information content (AvgIpc) is 3.46. The van der Waals surface area contributed by atoms with Gasteiger partial charge in [-0.3, -0.25) is 14.3 Å². The lowest BCUT2D eigenvalue weighted by Gasteiger charge is -2.25. The van der Waals surface area contributed by atoms with Gasteiger partial charge in [-0.05, 0) is 58.1 Å². The Morgan fingerprint density at radius 1 is 1.12 bits per heavy atom. The number of benzene rings is 2. The van der Waals surface area contributed by atoms with Gasteiger partial charge in [-0.1, -0.05) is 11.6 Å². The Morgan fingerprint density at radius 2 is 1.88 bits per heavy atom. The summed E-state index contributed by atoms with van der Waals surface area (Å²) in [5, 5.41) is 6.72. The van der Waals surface area contributed by atoms with Crippen molar-refractivity contribution in [1.29, 1.82) is 0 Å². The fourth-order valence-corrected chi connectivity index (χ4v) is 6.49. The molecule has 1 aliphatic rings. The first kappa shape index (κ1) is 30.5. The molecule has 0 bridgehead atoms. The molecule has 3 heterocycles. The Morgan fingerprint density at radius 3 is 2.56 bits per heavy atom. The van der Waals surface area contributed by atoms with E-state index >= 15 is 0 Å². The summed E-state index contributed by atoms with van der Waals surface area (Å²) in [6, 6.07) is 8.06. The quantitative estimate of drug-likeness (QED) is 0.252. The summed E-state index contributed by atoms with van der Waals surface area (Å²) >= 11 is 6.53. The number of ether oxygens (including phenoxy) is 1. The van der Waals surface area contributed by atoms with Crippen LogP contribution in [-0.4, -0.2) is 86.4 Å². The van der Waals surface area contributed by atoms with Crippen LogP contribution in [0.15, 0.2) is 42.9 Å². The van der Waals surface area contributed by atoms with Gasteiger partial charge >= 0.3 is 0 Å². The number of likely N-dealkylation sites (N-methyl/N-ethyl adjacent to an activating group) is 1. The van der Waals surface area contributed by atoms with E-state index in [2.05, 4.69) is 61.4 Å². The number of halogens is 1. The maximum atomic E-state index is 12.7. The number of hydrogen-bond acceptors (Lipinski definition) is 11. The van der Waals surface area contributed by atoms with E-state index in [1.54, 1.807) is 32.4 Å². The molecular weight excluding hydrogens is 590 g/mol. The van der Waals surface area contributed by atoms with Crippen LogP contribution in [-0.2, 0) is 10.0 Å². The van der Waals surface area contributed by atoms with Crippen LogP contribution >= 0.6 is 11.6 Å². The Labute approximate surface area is 257 Å². The molecule has 14 heteroatoms. The summed E-state index contributed by atoms with van der Waals surface area (Å²) in [6.45, 7) is 5.95. The highest BCUT2D eigenvalue weighted by Crippen LogP contribution is 2.39. The van der Waals surface area contributed by atoms with Gasteiger partial charge in [-0.2, -0.15) is 4.98 Å². The predicted octanol–water partition coefficient (Wildman–Crippen LogP) is 4.80. The molecule has 1 fully saturated rings. The number of methoxy groups -OCH3 is 1. The Hall–Kier alpha value is -3.94. The summed E-state index contributed by atoms with van der Waals surface area (Å²) in [5.74, 6) is 1.22. The topological polar surface area (TPSA) is 129 Å². The molecule has 2 N–H and O–H groups in total. The molecule has 0 aliphatic carbocycles. The molecule has 1 atom stereocenters. The van der Waals surface area contributed by atoms with Crippen molar-refractivity contribution in [3.8, 4) is 5.75 Å². The molecular formula is C29H36ClN9O3S. The molecule has 1 aliphatic heterocycles. The van der Waals surface area contributed by atoms with Gasteiger partial charge in [0.15, 0.2) is 5.82 Å². The second-order valence-electron chi connectivity index (χ2n) is 10.6. The van der Waals surface area contributed by atoms with Gasteiger partial charge < -0.3 is 25.2 Å². The number of aryl methyl sites for hydroxylation is 1. The fraction of sp³-hybridized carbons (Fsp3) is 0.379. The molecule has 2 aromatic carbocycles. The molecule has 5 rings (SSSR count). The minimum atomic E-state index is -3.63. The molecule has 0 saturated carbocycles. The van der Waals surface area contributed by atoms with Crippen molar-refractivity contribution in [2.24, 2.45) is 0 Å². The van der Waals surface area contributed by atoms with E-state index in [0.717, 1.165) is 37.0 Å². The van der Waals surface area contributed by atoms with Crippen LogP contribution in [0.25, 0.3) is 11.0 Å². The number of fused-ring (bicyclic) bond motifs is 1. The minimum absolute atomic E-state index is 0.190. The first-order valence-electron chi connectivity index (χ1n) is 13.9. The highest BCUT2D eigenvalue weighted by atomic mass is 35.5. The minimum Gasteiger partial charge on any atom is -0.494 e. The fourth-order valence-electron chi connectivity index (χ4n) is 5.36. The van der Waals surface area contributed by atoms with E-state index in [-0.39, 0.29) is 23.3 Å². The third-order valence-corrected chi connectivity index (χ3v) is 9.06. The molecule has 0 amide bonds. The molecule has 1 saturated heterocycles. The van der Waals surface area contributed by atoms with Crippen LogP contribution in [0, 0.1) is 6.92 Å². The zero-order chi connectivity index (χ0) is 30.9. The molecule has 4 aromatic rings. The normalized spacial score (nSPS) is 15.3. The molecule has 228 valence electrons. The summed E-state index contributed by atoms with van der Waals surface area (Å²) in [6.07, 6.45) is 6.82. The van der Waals surface area contributed by atoms with Crippen LogP contribution in [0.4, 0.5) is 34.5 Å². The number of rotatable bonds is 10. The van der Waals surface area contributed by atoms with Crippen LogP contribution in [0.2, 0.25) is 5.02 Å². The van der Waals surface area contributed by atoms with Crippen LogP contribution in [0.1, 0.15) is 18.9 Å². The number of hydrogen-bond donors (Lipinski definition) is 2. The van der Waals surface area contributed by atoms with Crippen LogP contribution in [0.3, 0.4) is 0 Å². The Balaban J connectivity index is 1.47. The van der Waals surface area contributed by atoms with Gasteiger partial charge in [0.25, 0.3) is 0 Å². The third-order valence-electron chi connectivity index (χ3n) is 7.55. The van der Waals surface area contributed by atoms with E-state index < -0.39 is 10.0 Å². The van der Waals surface area contributed by atoms with Gasteiger partial charge in [0.05, 0.1) is 36.5 Å². The highest BCUT2D eigenvalue weighted by molar-refractivity contribution is 7.92. The number of sulfonamides is 1. The lowest BCUT2D eigenvalue weighted by atomic mass is 10.1. The van der Waals surface area contributed by atoms with E-state index in [9.17, 15) is 8.42 Å². The molecule has 0 spiro atoms. The van der Waals surface area contributed by atoms with Crippen LogP contribution in [0.5, 0.6) is 5.75 Å². The van der Waals surface area contributed by atoms with E-state index in [1.165, 1.54) is 16.7 Å². The maximum absolute atomic E-state index is 12.7. The first-order chi connectivity index (χ1) is 20.5. The zero-order valence-corrected chi connectivity index (χ0v) is 26.7. The number of anilines is 6. The van der Waals surface area contributed by atoms with Crippen molar-refractivity contribution >= 4 is 67.2 Å². The van der Waals surface area contributed by atoms with Crippen molar-refractivity contribution < 1.29 is 13.2 Å². The molecule has 1 unspecified atom stereocenters. The summed E-state index contributed by atoms with van der Waals surface area (Å²) in [4.78, 5) is 22.4. The standard InChI is InChI=1S/C29H36ClN9O3S/c1-7-39(43(6,40)41)27-22(9-8-21-26(27)32-12-11-31-21)34-28-20(30)16-33-29(36-28)35-23-14-18(2)24(15-25(23)42-5)38-13-10-19(17-38)37(3)4/h8-9,11-12,14-16,19H,7,10,13,17H2,1-6H3,(H2,33,34,35,36). The average molecular weight is 626 g/mol. The Bertz CT molecular complexity index is 1750. The summed E-state index contributed by atoms with van der Waals surface area (Å²) in [5.41, 5.74) is 4.72. The van der Waals surface area contributed by atoms with E-state index in [1.807, 2.05) is 12.1 Å². The van der Waals surface area contributed by atoms with Gasteiger partial charge in [-0.15, -0.1) is 0 Å². The molecule has 12 nitrogen and oxygen atoms in total. The van der Waals surface area contributed by atoms with E-state index in [0.29, 0.717) is 39.9 Å². The van der Waals surface area contributed by atoms with Crippen molar-refractivity contribution in [3.63, 3.8) is 0 Å².